The first-order chi connectivity index (χ1) is 16.4. The minimum Gasteiger partial charge on any atom is -0.497 e. The van der Waals surface area contributed by atoms with E-state index < -0.39 is 0 Å². The second kappa shape index (κ2) is 9.99. The van der Waals surface area contributed by atoms with Gasteiger partial charge in [0.15, 0.2) is 0 Å². The zero-order valence-electron chi connectivity index (χ0n) is 19.9. The van der Waals surface area contributed by atoms with Crippen molar-refractivity contribution in [2.45, 2.75) is 33.4 Å². The van der Waals surface area contributed by atoms with E-state index >= 15 is 0 Å². The zero-order chi connectivity index (χ0) is 24.2. The van der Waals surface area contributed by atoms with Gasteiger partial charge >= 0.3 is 0 Å². The van der Waals surface area contributed by atoms with Crippen molar-refractivity contribution < 1.29 is 23.6 Å². The third kappa shape index (κ3) is 4.90. The Hall–Kier alpha value is -3.81. The predicted octanol–water partition coefficient (Wildman–Crippen LogP) is 3.92. The first-order valence-electron chi connectivity index (χ1n) is 11.2. The van der Waals surface area contributed by atoms with E-state index in [1.807, 2.05) is 55.1 Å². The van der Waals surface area contributed by atoms with E-state index in [9.17, 15) is 9.59 Å². The Labute approximate surface area is 199 Å². The lowest BCUT2D eigenvalue weighted by molar-refractivity contribution is -0.133. The number of benzene rings is 2. The molecule has 4 rings (SSSR count). The maximum Gasteiger partial charge on any atom is 0.254 e. The number of hydrogen-bond donors (Lipinski definition) is 0. The molecule has 0 bridgehead atoms. The fourth-order valence-corrected chi connectivity index (χ4v) is 4.22. The van der Waals surface area contributed by atoms with Crippen molar-refractivity contribution in [1.29, 1.82) is 0 Å². The van der Waals surface area contributed by atoms with Gasteiger partial charge in [-0.2, -0.15) is 0 Å². The summed E-state index contributed by atoms with van der Waals surface area (Å²) >= 11 is 0. The van der Waals surface area contributed by atoms with Crippen LogP contribution in [0.15, 0.2) is 53.1 Å². The molecular formula is C26H29N3O5. The molecule has 0 saturated carbocycles. The summed E-state index contributed by atoms with van der Waals surface area (Å²) < 4.78 is 16.3. The summed E-state index contributed by atoms with van der Waals surface area (Å²) in [6.45, 7) is 6.95. The third-order valence-corrected chi connectivity index (χ3v) is 6.22. The Balaban J connectivity index is 1.49. The molecule has 0 spiro atoms. The molecule has 1 saturated heterocycles. The lowest BCUT2D eigenvalue weighted by Gasteiger charge is -2.41. The Morgan fingerprint density at radius 1 is 1.09 bits per heavy atom. The quantitative estimate of drug-likeness (QED) is 0.551. The molecule has 1 fully saturated rings. The highest BCUT2D eigenvalue weighted by Crippen LogP contribution is 2.28. The van der Waals surface area contributed by atoms with E-state index in [1.54, 1.807) is 31.1 Å². The Kier molecular flexibility index (Phi) is 6.86. The molecule has 1 atom stereocenters. The molecule has 3 aromatic rings. The maximum absolute atomic E-state index is 13.4. The number of aryl methyl sites for hydroxylation is 2. The van der Waals surface area contributed by atoms with Crippen LogP contribution in [0.1, 0.15) is 45.9 Å². The second-order valence-corrected chi connectivity index (χ2v) is 8.37. The van der Waals surface area contributed by atoms with Crippen LogP contribution in [0.5, 0.6) is 11.5 Å². The summed E-state index contributed by atoms with van der Waals surface area (Å²) in [7, 11) is 1.62. The fraction of sp³-hybridized carbons (Fsp3) is 0.346. The fourth-order valence-electron chi connectivity index (χ4n) is 4.22. The molecule has 2 aromatic carbocycles. The average molecular weight is 464 g/mol. The number of methoxy groups -OCH3 is 1. The molecule has 0 aliphatic carbocycles. The highest BCUT2D eigenvalue weighted by molar-refractivity contribution is 5.94. The van der Waals surface area contributed by atoms with Crippen LogP contribution in [0.25, 0.3) is 0 Å². The first kappa shape index (κ1) is 23.4. The number of piperazine rings is 1. The van der Waals surface area contributed by atoms with Crippen LogP contribution in [0.2, 0.25) is 0 Å². The highest BCUT2D eigenvalue weighted by atomic mass is 16.5. The van der Waals surface area contributed by atoms with Crippen LogP contribution in [0.4, 0.5) is 0 Å². The van der Waals surface area contributed by atoms with Gasteiger partial charge in [0.2, 0.25) is 5.91 Å². The highest BCUT2D eigenvalue weighted by Gasteiger charge is 2.32. The molecule has 8 heteroatoms. The zero-order valence-corrected chi connectivity index (χ0v) is 19.9. The number of carbonyl (C=O) groups is 2. The molecule has 1 aliphatic rings. The van der Waals surface area contributed by atoms with E-state index in [1.165, 1.54) is 0 Å². The van der Waals surface area contributed by atoms with Gasteiger partial charge < -0.3 is 23.8 Å². The third-order valence-electron chi connectivity index (χ3n) is 6.22. The molecule has 1 aromatic heterocycles. The molecule has 34 heavy (non-hydrogen) atoms. The Bertz CT molecular complexity index is 1150. The smallest absolute Gasteiger partial charge is 0.254 e. The van der Waals surface area contributed by atoms with Crippen LogP contribution in [-0.2, 0) is 11.4 Å². The van der Waals surface area contributed by atoms with Crippen molar-refractivity contribution in [3.05, 3.63) is 76.7 Å². The summed E-state index contributed by atoms with van der Waals surface area (Å²) in [6, 6.07) is 14.6. The van der Waals surface area contributed by atoms with E-state index in [-0.39, 0.29) is 17.9 Å². The number of rotatable bonds is 6. The second-order valence-electron chi connectivity index (χ2n) is 8.37. The summed E-state index contributed by atoms with van der Waals surface area (Å²) in [5, 5.41) is 3.94. The number of carbonyl (C=O) groups excluding carboxylic acids is 2. The maximum atomic E-state index is 13.4. The SMILES string of the molecule is COc1ccc(C2CN(C(=O)c3cccc(OCc4c(C)noc4C)c3)CCN2C(C)=O)cc1. The Morgan fingerprint density at radius 2 is 1.85 bits per heavy atom. The Morgan fingerprint density at radius 3 is 2.50 bits per heavy atom. The van der Waals surface area contributed by atoms with Crippen molar-refractivity contribution in [3.8, 4) is 11.5 Å². The molecule has 8 nitrogen and oxygen atoms in total. The van der Waals surface area contributed by atoms with Crippen LogP contribution in [0.3, 0.4) is 0 Å². The van der Waals surface area contributed by atoms with Crippen molar-refractivity contribution in [3.63, 3.8) is 0 Å². The molecule has 1 aliphatic heterocycles. The number of nitrogens with zero attached hydrogens (tertiary/aromatic N) is 3. The predicted molar refractivity (Wildman–Crippen MR) is 126 cm³/mol. The van der Waals surface area contributed by atoms with Gasteiger partial charge in [-0.25, -0.2) is 0 Å². The van der Waals surface area contributed by atoms with E-state index in [2.05, 4.69) is 5.16 Å². The summed E-state index contributed by atoms with van der Waals surface area (Å²) in [4.78, 5) is 29.3. The normalized spacial score (nSPS) is 15.8. The molecule has 178 valence electrons. The molecular weight excluding hydrogens is 434 g/mol. The largest absolute Gasteiger partial charge is 0.497 e. The van der Waals surface area contributed by atoms with Gasteiger partial charge in [-0.15, -0.1) is 0 Å². The van der Waals surface area contributed by atoms with Gasteiger partial charge in [0.25, 0.3) is 5.91 Å². The van der Waals surface area contributed by atoms with Gasteiger partial charge in [0.1, 0.15) is 23.9 Å². The van der Waals surface area contributed by atoms with E-state index in [0.717, 1.165) is 28.3 Å². The van der Waals surface area contributed by atoms with Gasteiger partial charge in [-0.3, -0.25) is 9.59 Å². The van der Waals surface area contributed by atoms with Crippen molar-refractivity contribution in [2.24, 2.45) is 0 Å². The standard InChI is InChI=1S/C26H29N3O5/c1-17-24(18(2)34-27-17)16-33-23-7-5-6-21(14-23)26(31)28-12-13-29(19(3)30)25(15-28)20-8-10-22(32-4)11-9-20/h5-11,14,25H,12-13,15-16H2,1-4H3. The lowest BCUT2D eigenvalue weighted by Crippen LogP contribution is -2.51. The molecule has 1 unspecified atom stereocenters. The van der Waals surface area contributed by atoms with Gasteiger partial charge in [-0.1, -0.05) is 23.4 Å². The minimum absolute atomic E-state index is 0.0114. The van der Waals surface area contributed by atoms with Crippen LogP contribution in [-0.4, -0.2) is 53.5 Å². The van der Waals surface area contributed by atoms with Gasteiger partial charge in [0.05, 0.1) is 24.4 Å². The topological polar surface area (TPSA) is 85.1 Å². The summed E-state index contributed by atoms with van der Waals surface area (Å²) in [5.74, 6) is 1.96. The van der Waals surface area contributed by atoms with Crippen LogP contribution < -0.4 is 9.47 Å². The molecule has 0 radical (unpaired) electrons. The minimum atomic E-state index is -0.222. The lowest BCUT2D eigenvalue weighted by atomic mass is 10.0. The average Bonchev–Trinajstić information content (AvgIpc) is 3.18. The number of aromatic nitrogens is 1. The van der Waals surface area contributed by atoms with Crippen LogP contribution >= 0.6 is 0 Å². The van der Waals surface area contributed by atoms with Gasteiger partial charge in [-0.05, 0) is 49.7 Å². The van der Waals surface area contributed by atoms with Crippen molar-refractivity contribution in [2.75, 3.05) is 26.7 Å². The number of amides is 2. The van der Waals surface area contributed by atoms with Crippen molar-refractivity contribution in [1.82, 2.24) is 15.0 Å². The summed E-state index contributed by atoms with van der Waals surface area (Å²) in [5.41, 5.74) is 3.20. The monoisotopic (exact) mass is 463 g/mol. The molecule has 2 heterocycles. The van der Waals surface area contributed by atoms with Crippen LogP contribution in [0, 0.1) is 13.8 Å². The number of ether oxygens (including phenoxy) is 2. The number of hydrogen-bond acceptors (Lipinski definition) is 6. The molecule has 0 N–H and O–H groups in total. The summed E-state index contributed by atoms with van der Waals surface area (Å²) in [6.07, 6.45) is 0. The van der Waals surface area contributed by atoms with Gasteiger partial charge in [0, 0.05) is 32.1 Å². The van der Waals surface area contributed by atoms with E-state index in [4.69, 9.17) is 14.0 Å². The first-order valence-corrected chi connectivity index (χ1v) is 11.2. The van der Waals surface area contributed by atoms with E-state index in [0.29, 0.717) is 37.6 Å². The molecule has 2 amide bonds. The van der Waals surface area contributed by atoms with Crippen molar-refractivity contribution >= 4 is 11.8 Å².